The standard InChI is InChI=1S/C9H20F2NO3P/c1-5-14-16(13,15-6-2)9(10,11)8(12)7(3)4/h7-8H,5-6,12H2,1-4H3/t8-/m1/s1. The Bertz CT molecular complexity index is 251. The van der Waals surface area contributed by atoms with E-state index in [1.807, 2.05) is 0 Å². The van der Waals surface area contributed by atoms with E-state index in [9.17, 15) is 13.3 Å². The maximum atomic E-state index is 13.9. The van der Waals surface area contributed by atoms with Crippen molar-refractivity contribution >= 4 is 7.60 Å². The van der Waals surface area contributed by atoms with E-state index in [0.717, 1.165) is 0 Å². The Morgan fingerprint density at radius 3 is 1.88 bits per heavy atom. The Hall–Kier alpha value is -0.0300. The smallest absolute Gasteiger partial charge is 0.322 e. The van der Waals surface area contributed by atoms with Crippen LogP contribution in [0.4, 0.5) is 8.78 Å². The number of hydrogen-bond acceptors (Lipinski definition) is 4. The van der Waals surface area contributed by atoms with E-state index in [2.05, 4.69) is 9.05 Å². The van der Waals surface area contributed by atoms with Crippen molar-refractivity contribution in [2.75, 3.05) is 13.2 Å². The predicted molar refractivity (Wildman–Crippen MR) is 58.6 cm³/mol. The Kier molecular flexibility index (Phi) is 6.04. The van der Waals surface area contributed by atoms with Gasteiger partial charge < -0.3 is 14.8 Å². The van der Waals surface area contributed by atoms with Crippen LogP contribution in [0.3, 0.4) is 0 Å². The van der Waals surface area contributed by atoms with Crippen molar-refractivity contribution < 1.29 is 22.4 Å². The molecule has 1 atom stereocenters. The van der Waals surface area contributed by atoms with E-state index in [1.165, 1.54) is 27.7 Å². The zero-order valence-electron chi connectivity index (χ0n) is 10.1. The highest BCUT2D eigenvalue weighted by Gasteiger charge is 2.58. The first kappa shape index (κ1) is 16.0. The highest BCUT2D eigenvalue weighted by Crippen LogP contribution is 2.63. The molecule has 0 aromatic heterocycles. The summed E-state index contributed by atoms with van der Waals surface area (Å²) in [7, 11) is -4.49. The van der Waals surface area contributed by atoms with Crippen molar-refractivity contribution in [2.45, 2.75) is 39.4 Å². The first-order chi connectivity index (χ1) is 7.23. The van der Waals surface area contributed by atoms with Crippen LogP contribution in [0.15, 0.2) is 0 Å². The number of alkyl halides is 2. The molecule has 2 N–H and O–H groups in total. The lowest BCUT2D eigenvalue weighted by atomic mass is 10.1. The van der Waals surface area contributed by atoms with Crippen LogP contribution in [-0.2, 0) is 13.6 Å². The summed E-state index contributed by atoms with van der Waals surface area (Å²) >= 11 is 0. The summed E-state index contributed by atoms with van der Waals surface area (Å²) in [6.07, 6.45) is 0. The van der Waals surface area contributed by atoms with Crippen LogP contribution in [0.1, 0.15) is 27.7 Å². The number of nitrogens with two attached hydrogens (primary N) is 1. The van der Waals surface area contributed by atoms with Gasteiger partial charge in [0.15, 0.2) is 0 Å². The Morgan fingerprint density at radius 1 is 1.25 bits per heavy atom. The Balaban J connectivity index is 5.10. The van der Waals surface area contributed by atoms with Gasteiger partial charge >= 0.3 is 13.3 Å². The van der Waals surface area contributed by atoms with Crippen LogP contribution < -0.4 is 5.73 Å². The summed E-state index contributed by atoms with van der Waals surface area (Å²) in [5.74, 6) is -0.524. The molecule has 0 saturated carbocycles. The molecule has 0 saturated heterocycles. The molecular weight excluding hydrogens is 239 g/mol. The summed E-state index contributed by atoms with van der Waals surface area (Å²) < 4.78 is 48.8. The van der Waals surface area contributed by atoms with Crippen molar-refractivity contribution in [2.24, 2.45) is 11.7 Å². The molecule has 0 fully saturated rings. The molecule has 0 rings (SSSR count). The minimum atomic E-state index is -4.49. The summed E-state index contributed by atoms with van der Waals surface area (Å²) in [5.41, 5.74) is 1.69. The lowest BCUT2D eigenvalue weighted by molar-refractivity contribution is 0.00427. The predicted octanol–water partition coefficient (Wildman–Crippen LogP) is 2.83. The molecule has 0 unspecified atom stereocenters. The van der Waals surface area contributed by atoms with Crippen molar-refractivity contribution in [3.05, 3.63) is 0 Å². The van der Waals surface area contributed by atoms with Gasteiger partial charge in [-0.05, 0) is 19.8 Å². The van der Waals surface area contributed by atoms with Gasteiger partial charge in [-0.2, -0.15) is 8.78 Å². The second-order valence-corrected chi connectivity index (χ2v) is 5.80. The highest BCUT2D eigenvalue weighted by molar-refractivity contribution is 7.55. The van der Waals surface area contributed by atoms with E-state index >= 15 is 0 Å². The molecule has 0 radical (unpaired) electrons. The average Bonchev–Trinajstić information content (AvgIpc) is 2.16. The second-order valence-electron chi connectivity index (χ2n) is 3.69. The van der Waals surface area contributed by atoms with Crippen LogP contribution in [0, 0.1) is 5.92 Å². The van der Waals surface area contributed by atoms with Gasteiger partial charge in [0.05, 0.1) is 19.3 Å². The molecule has 0 aliphatic heterocycles. The monoisotopic (exact) mass is 259 g/mol. The minimum absolute atomic E-state index is 0.113. The first-order valence-corrected chi connectivity index (χ1v) is 6.79. The van der Waals surface area contributed by atoms with Gasteiger partial charge in [0, 0.05) is 0 Å². The highest BCUT2D eigenvalue weighted by atomic mass is 31.2. The molecule has 4 nitrogen and oxygen atoms in total. The molecule has 0 aliphatic rings. The normalized spacial score (nSPS) is 15.5. The molecule has 0 bridgehead atoms. The minimum Gasteiger partial charge on any atom is -0.322 e. The van der Waals surface area contributed by atoms with Gasteiger partial charge in [0.1, 0.15) is 0 Å². The molecule has 0 spiro atoms. The number of rotatable bonds is 7. The van der Waals surface area contributed by atoms with Gasteiger partial charge in [0.25, 0.3) is 0 Å². The third kappa shape index (κ3) is 3.23. The van der Waals surface area contributed by atoms with E-state index < -0.39 is 25.2 Å². The molecule has 98 valence electrons. The van der Waals surface area contributed by atoms with Crippen molar-refractivity contribution in [1.82, 2.24) is 0 Å². The van der Waals surface area contributed by atoms with Crippen LogP contribution in [0.5, 0.6) is 0 Å². The Morgan fingerprint density at radius 2 is 1.62 bits per heavy atom. The van der Waals surface area contributed by atoms with Gasteiger partial charge in [-0.1, -0.05) is 13.8 Å². The topological polar surface area (TPSA) is 61.5 Å². The summed E-state index contributed by atoms with van der Waals surface area (Å²) in [4.78, 5) is 0. The lowest BCUT2D eigenvalue weighted by Crippen LogP contribution is -2.45. The zero-order chi connectivity index (χ0) is 13.0. The quantitative estimate of drug-likeness (QED) is 0.714. The van der Waals surface area contributed by atoms with Gasteiger partial charge in [-0.25, -0.2) is 0 Å². The van der Waals surface area contributed by atoms with Crippen molar-refractivity contribution in [3.8, 4) is 0 Å². The van der Waals surface area contributed by atoms with E-state index in [4.69, 9.17) is 5.73 Å². The summed E-state index contributed by atoms with van der Waals surface area (Å²) in [6, 6.07) is -1.56. The maximum Gasteiger partial charge on any atom is 0.401 e. The fourth-order valence-corrected chi connectivity index (χ4v) is 2.89. The van der Waals surface area contributed by atoms with Gasteiger partial charge in [0.2, 0.25) is 0 Å². The summed E-state index contributed by atoms with van der Waals surface area (Å²) in [6.45, 7) is 5.78. The van der Waals surface area contributed by atoms with Crippen LogP contribution in [-0.4, -0.2) is 24.9 Å². The molecular formula is C9H20F2NO3P. The van der Waals surface area contributed by atoms with Crippen LogP contribution in [0.2, 0.25) is 0 Å². The van der Waals surface area contributed by atoms with Crippen LogP contribution >= 0.6 is 7.60 Å². The van der Waals surface area contributed by atoms with Crippen molar-refractivity contribution in [1.29, 1.82) is 0 Å². The van der Waals surface area contributed by atoms with E-state index in [0.29, 0.717) is 0 Å². The molecule has 0 amide bonds. The third-order valence-electron chi connectivity index (χ3n) is 2.08. The van der Waals surface area contributed by atoms with Gasteiger partial charge in [-0.15, -0.1) is 0 Å². The molecule has 0 aliphatic carbocycles. The summed E-state index contributed by atoms with van der Waals surface area (Å²) in [5, 5.41) is 0. The average molecular weight is 259 g/mol. The third-order valence-corrected chi connectivity index (χ3v) is 4.31. The van der Waals surface area contributed by atoms with E-state index in [1.54, 1.807) is 0 Å². The largest absolute Gasteiger partial charge is 0.401 e. The molecule has 0 aromatic rings. The SMILES string of the molecule is CCOP(=O)(OCC)C(F)(F)[C@H](N)C(C)C. The fraction of sp³-hybridized carbons (Fsp3) is 1.00. The lowest BCUT2D eigenvalue weighted by Gasteiger charge is -2.31. The molecule has 0 aromatic carbocycles. The molecule has 0 heterocycles. The Labute approximate surface area is 95.0 Å². The molecule has 7 heteroatoms. The molecule has 16 heavy (non-hydrogen) atoms. The second kappa shape index (κ2) is 6.05. The fourth-order valence-electron chi connectivity index (χ4n) is 1.13. The van der Waals surface area contributed by atoms with E-state index in [-0.39, 0.29) is 13.2 Å². The number of halogens is 2. The maximum absolute atomic E-state index is 13.9. The first-order valence-electron chi connectivity index (χ1n) is 5.25. The van der Waals surface area contributed by atoms with Crippen LogP contribution in [0.25, 0.3) is 0 Å². The number of hydrogen-bond donors (Lipinski definition) is 1. The zero-order valence-corrected chi connectivity index (χ0v) is 11.0. The van der Waals surface area contributed by atoms with Gasteiger partial charge in [-0.3, -0.25) is 4.57 Å². The van der Waals surface area contributed by atoms with Crippen molar-refractivity contribution in [3.63, 3.8) is 0 Å².